The Balaban J connectivity index is 1.75. The molecule has 4 rings (SSSR count). The highest BCUT2D eigenvalue weighted by Gasteiger charge is 2.23. The van der Waals surface area contributed by atoms with Crippen LogP contribution in [0.1, 0.15) is 11.5 Å². The monoisotopic (exact) mass is 356 g/mol. The summed E-state index contributed by atoms with van der Waals surface area (Å²) in [7, 11) is 0. The van der Waals surface area contributed by atoms with Gasteiger partial charge in [-0.3, -0.25) is 4.79 Å². The highest BCUT2D eigenvalue weighted by Crippen LogP contribution is 2.23. The van der Waals surface area contributed by atoms with Gasteiger partial charge in [-0.05, 0) is 19.1 Å². The molecule has 0 bridgehead atoms. The zero-order valence-corrected chi connectivity index (χ0v) is 14.5. The van der Waals surface area contributed by atoms with Gasteiger partial charge in [0.15, 0.2) is 11.6 Å². The lowest BCUT2D eigenvalue weighted by molar-refractivity contribution is -0.117. The number of aryl methyl sites for hydroxylation is 1. The van der Waals surface area contributed by atoms with E-state index >= 15 is 0 Å². The van der Waals surface area contributed by atoms with Crippen molar-refractivity contribution < 1.29 is 14.3 Å². The van der Waals surface area contributed by atoms with E-state index in [0.29, 0.717) is 38.0 Å². The van der Waals surface area contributed by atoms with E-state index in [1.165, 1.54) is 0 Å². The second kappa shape index (κ2) is 6.85. The van der Waals surface area contributed by atoms with Crippen LogP contribution in [0.25, 0.3) is 17.2 Å². The number of carbonyl (C=O) groups is 1. The highest BCUT2D eigenvalue weighted by atomic mass is 16.6. The number of rotatable bonds is 5. The first-order valence-electron chi connectivity index (χ1n) is 8.47. The number of amides is 1. The van der Waals surface area contributed by atoms with E-state index in [1.54, 1.807) is 4.68 Å². The minimum Gasteiger partial charge on any atom is -0.376 e. The molecule has 136 valence electrons. The van der Waals surface area contributed by atoms with E-state index in [2.05, 4.69) is 15.1 Å². The smallest absolute Gasteiger partial charge is 0.225 e. The number of imidazole rings is 1. The lowest BCUT2D eigenvalue weighted by atomic mass is 10.3. The van der Waals surface area contributed by atoms with Crippen LogP contribution in [-0.2, 0) is 27.2 Å². The zero-order valence-electron chi connectivity index (χ0n) is 14.5. The Kier molecular flexibility index (Phi) is 4.39. The van der Waals surface area contributed by atoms with Gasteiger partial charge in [-0.2, -0.15) is 5.10 Å². The number of primary amides is 1. The predicted octanol–water partition coefficient (Wildman–Crippen LogP) is 0.344. The van der Waals surface area contributed by atoms with Crippen molar-refractivity contribution in [1.29, 1.82) is 0 Å². The number of hydrogen-bond donors (Lipinski definition) is 1. The van der Waals surface area contributed by atoms with Crippen molar-refractivity contribution in [2.24, 2.45) is 5.73 Å². The number of fused-ring (bicyclic) bond motifs is 1. The molecule has 1 aliphatic rings. The maximum Gasteiger partial charge on any atom is 0.225 e. The molecule has 9 nitrogen and oxygen atoms in total. The van der Waals surface area contributed by atoms with Gasteiger partial charge >= 0.3 is 0 Å². The first-order valence-corrected chi connectivity index (χ1v) is 8.47. The van der Waals surface area contributed by atoms with E-state index < -0.39 is 5.91 Å². The van der Waals surface area contributed by atoms with Gasteiger partial charge in [0, 0.05) is 6.20 Å². The van der Waals surface area contributed by atoms with Gasteiger partial charge < -0.3 is 19.6 Å². The van der Waals surface area contributed by atoms with Gasteiger partial charge in [0.1, 0.15) is 17.4 Å². The molecule has 1 saturated heterocycles. The molecule has 26 heavy (non-hydrogen) atoms. The molecule has 0 radical (unpaired) electrons. The number of nitrogens with two attached hydrogens (primary N) is 1. The molecule has 3 aromatic rings. The molecule has 1 atom stereocenters. The molecule has 2 N–H and O–H groups in total. The number of aromatic nitrogens is 5. The van der Waals surface area contributed by atoms with Gasteiger partial charge in [0.2, 0.25) is 5.91 Å². The quantitative estimate of drug-likeness (QED) is 0.706. The second-order valence-electron chi connectivity index (χ2n) is 6.22. The standard InChI is InChI=1S/C17H20N6O3/c1-11-16(20-15-4-2-3-5-22(11)15)17-19-14(8-13(18)24)21-23(17)9-12-10-25-6-7-26-12/h2-5,12H,6-10H2,1H3,(H2,18,24). The summed E-state index contributed by atoms with van der Waals surface area (Å²) in [5.74, 6) is 0.495. The largest absolute Gasteiger partial charge is 0.376 e. The van der Waals surface area contributed by atoms with Gasteiger partial charge in [0.25, 0.3) is 0 Å². The SMILES string of the molecule is Cc1c(-c2nc(CC(N)=O)nn2CC2COCCO2)nc2ccccn12. The number of carbonyl (C=O) groups excluding carboxylic acids is 1. The maximum absolute atomic E-state index is 11.3. The normalized spacial score (nSPS) is 17.7. The number of pyridine rings is 1. The number of ether oxygens (including phenoxy) is 2. The van der Waals surface area contributed by atoms with Crippen molar-refractivity contribution in [3.8, 4) is 11.5 Å². The average molecular weight is 356 g/mol. The predicted molar refractivity (Wildman–Crippen MR) is 92.4 cm³/mol. The molecule has 9 heteroatoms. The van der Waals surface area contributed by atoms with Crippen molar-refractivity contribution in [2.45, 2.75) is 26.0 Å². The third-order valence-corrected chi connectivity index (χ3v) is 4.29. The molecule has 1 unspecified atom stereocenters. The van der Waals surface area contributed by atoms with Crippen LogP contribution in [0.3, 0.4) is 0 Å². The zero-order chi connectivity index (χ0) is 18.1. The van der Waals surface area contributed by atoms with E-state index in [4.69, 9.17) is 15.2 Å². The maximum atomic E-state index is 11.3. The Labute approximate surface area is 149 Å². The first-order chi connectivity index (χ1) is 12.6. The van der Waals surface area contributed by atoms with Crippen LogP contribution in [0.4, 0.5) is 0 Å². The lowest BCUT2D eigenvalue weighted by Crippen LogP contribution is -2.32. The van der Waals surface area contributed by atoms with Crippen LogP contribution in [0.2, 0.25) is 0 Å². The second-order valence-corrected chi connectivity index (χ2v) is 6.22. The van der Waals surface area contributed by atoms with Crippen LogP contribution in [0.5, 0.6) is 0 Å². The Morgan fingerprint density at radius 2 is 2.23 bits per heavy atom. The minimum atomic E-state index is -0.474. The summed E-state index contributed by atoms with van der Waals surface area (Å²) in [6, 6.07) is 5.81. The fourth-order valence-corrected chi connectivity index (χ4v) is 3.09. The van der Waals surface area contributed by atoms with E-state index in [0.717, 1.165) is 17.0 Å². The van der Waals surface area contributed by atoms with Crippen LogP contribution in [-0.4, -0.2) is 56.0 Å². The fraction of sp³-hybridized carbons (Fsp3) is 0.412. The number of nitrogens with zero attached hydrogens (tertiary/aromatic N) is 5. The first kappa shape index (κ1) is 16.7. The van der Waals surface area contributed by atoms with Crippen LogP contribution in [0.15, 0.2) is 24.4 Å². The summed E-state index contributed by atoms with van der Waals surface area (Å²) in [6.07, 6.45) is 1.81. The molecule has 4 heterocycles. The summed E-state index contributed by atoms with van der Waals surface area (Å²) in [5.41, 5.74) is 7.79. The minimum absolute atomic E-state index is 0.0194. The molecule has 1 fully saturated rings. The van der Waals surface area contributed by atoms with Crippen molar-refractivity contribution in [2.75, 3.05) is 19.8 Å². The average Bonchev–Trinajstić information content (AvgIpc) is 3.16. The van der Waals surface area contributed by atoms with Gasteiger partial charge in [-0.15, -0.1) is 0 Å². The molecule has 0 spiro atoms. The third-order valence-electron chi connectivity index (χ3n) is 4.29. The molecule has 0 aliphatic carbocycles. The van der Waals surface area contributed by atoms with E-state index in [-0.39, 0.29) is 12.5 Å². The van der Waals surface area contributed by atoms with Crippen molar-refractivity contribution in [1.82, 2.24) is 24.1 Å². The van der Waals surface area contributed by atoms with Crippen LogP contribution in [0, 0.1) is 6.92 Å². The Morgan fingerprint density at radius 3 is 2.96 bits per heavy atom. The Hall–Kier alpha value is -2.78. The summed E-state index contributed by atoms with van der Waals surface area (Å²) in [4.78, 5) is 20.5. The molecular weight excluding hydrogens is 336 g/mol. The summed E-state index contributed by atoms with van der Waals surface area (Å²) < 4.78 is 14.9. The summed E-state index contributed by atoms with van der Waals surface area (Å²) in [6.45, 7) is 4.08. The Bertz CT molecular complexity index is 941. The Morgan fingerprint density at radius 1 is 1.35 bits per heavy atom. The molecule has 0 aromatic carbocycles. The van der Waals surface area contributed by atoms with Crippen LogP contribution < -0.4 is 5.73 Å². The van der Waals surface area contributed by atoms with E-state index in [9.17, 15) is 4.79 Å². The molecule has 3 aromatic heterocycles. The molecular formula is C17H20N6O3. The van der Waals surface area contributed by atoms with Crippen molar-refractivity contribution >= 4 is 11.6 Å². The summed E-state index contributed by atoms with van der Waals surface area (Å²) >= 11 is 0. The van der Waals surface area contributed by atoms with E-state index in [1.807, 2.05) is 35.7 Å². The summed E-state index contributed by atoms with van der Waals surface area (Å²) in [5, 5.41) is 4.45. The molecule has 0 saturated carbocycles. The van der Waals surface area contributed by atoms with Gasteiger partial charge in [-0.1, -0.05) is 6.07 Å². The van der Waals surface area contributed by atoms with Gasteiger partial charge in [0.05, 0.1) is 38.5 Å². The van der Waals surface area contributed by atoms with Crippen molar-refractivity contribution in [3.05, 3.63) is 35.9 Å². The third kappa shape index (κ3) is 3.18. The van der Waals surface area contributed by atoms with Crippen molar-refractivity contribution in [3.63, 3.8) is 0 Å². The molecule has 1 aliphatic heterocycles. The fourth-order valence-electron chi connectivity index (χ4n) is 3.09. The van der Waals surface area contributed by atoms with Gasteiger partial charge in [-0.25, -0.2) is 14.6 Å². The van der Waals surface area contributed by atoms with Crippen LogP contribution >= 0.6 is 0 Å². The number of hydrogen-bond acceptors (Lipinski definition) is 6. The lowest BCUT2D eigenvalue weighted by Gasteiger charge is -2.23. The highest BCUT2D eigenvalue weighted by molar-refractivity contribution is 5.75. The topological polar surface area (TPSA) is 110 Å². The molecule has 1 amide bonds.